The number of nitrogens with one attached hydrogen (secondary N) is 1. The zero-order valence-electron chi connectivity index (χ0n) is 16.5. The summed E-state index contributed by atoms with van der Waals surface area (Å²) in [4.78, 5) is 31.9. The lowest BCUT2D eigenvalue weighted by Gasteiger charge is -2.16. The number of nitrogens with two attached hydrogens (primary N) is 1. The van der Waals surface area contributed by atoms with Crippen molar-refractivity contribution in [3.8, 4) is 11.5 Å². The number of esters is 1. The van der Waals surface area contributed by atoms with E-state index in [0.29, 0.717) is 22.6 Å². The summed E-state index contributed by atoms with van der Waals surface area (Å²) in [7, 11) is 4.59. The highest BCUT2D eigenvalue weighted by Crippen LogP contribution is 2.35. The minimum absolute atomic E-state index is 0.00936. The summed E-state index contributed by atoms with van der Waals surface area (Å²) in [6.45, 7) is 1.87. The Labute approximate surface area is 166 Å². The van der Waals surface area contributed by atoms with Crippen molar-refractivity contribution >= 4 is 29.0 Å². The first-order valence-electron chi connectivity index (χ1n) is 8.73. The Morgan fingerprint density at radius 2 is 1.97 bits per heavy atom. The zero-order valence-corrected chi connectivity index (χ0v) is 16.5. The molecule has 0 atom stereocenters. The number of methoxy groups -OCH3 is 2. The van der Waals surface area contributed by atoms with Crippen LogP contribution in [0.2, 0.25) is 0 Å². The van der Waals surface area contributed by atoms with Crippen LogP contribution in [0, 0.1) is 0 Å². The molecule has 0 amide bonds. The minimum atomic E-state index is -0.630. The molecule has 0 aliphatic carbocycles. The second kappa shape index (κ2) is 8.05. The van der Waals surface area contributed by atoms with Crippen molar-refractivity contribution in [1.29, 1.82) is 0 Å². The van der Waals surface area contributed by atoms with Gasteiger partial charge in [0.25, 0.3) is 5.56 Å². The lowest BCUT2D eigenvalue weighted by atomic mass is 9.97. The van der Waals surface area contributed by atoms with E-state index in [1.807, 2.05) is 0 Å². The Bertz CT molecular complexity index is 1070. The van der Waals surface area contributed by atoms with Gasteiger partial charge in [-0.25, -0.2) is 9.80 Å². The number of nitrogen functional groups attached to an aromatic ring is 1. The number of carbonyl (C=O) groups is 1. The van der Waals surface area contributed by atoms with Gasteiger partial charge in [-0.15, -0.1) is 0 Å². The van der Waals surface area contributed by atoms with E-state index in [0.717, 1.165) is 0 Å². The maximum absolute atomic E-state index is 12.8. The predicted molar refractivity (Wildman–Crippen MR) is 108 cm³/mol. The summed E-state index contributed by atoms with van der Waals surface area (Å²) in [5, 5.41) is 5.56. The third-order valence-corrected chi connectivity index (χ3v) is 4.21. The van der Waals surface area contributed by atoms with E-state index in [-0.39, 0.29) is 29.6 Å². The van der Waals surface area contributed by atoms with Crippen LogP contribution < -0.4 is 25.8 Å². The van der Waals surface area contributed by atoms with Gasteiger partial charge in [0.05, 0.1) is 26.4 Å². The third kappa shape index (κ3) is 3.77. The first-order valence-corrected chi connectivity index (χ1v) is 8.73. The summed E-state index contributed by atoms with van der Waals surface area (Å²) in [5.41, 5.74) is 6.46. The number of fused-ring (bicyclic) bond motifs is 1. The van der Waals surface area contributed by atoms with E-state index in [1.54, 1.807) is 32.2 Å². The number of hydrogen-bond donors (Lipinski definition) is 2. The number of ether oxygens (including phenoxy) is 3. The molecule has 0 bridgehead atoms. The van der Waals surface area contributed by atoms with Crippen molar-refractivity contribution in [3.05, 3.63) is 45.8 Å². The average molecular weight is 399 g/mol. The fourth-order valence-corrected chi connectivity index (χ4v) is 2.94. The molecule has 10 heteroatoms. The maximum atomic E-state index is 12.8. The molecule has 3 rings (SSSR count). The molecule has 3 N–H and O–H groups in total. The fourth-order valence-electron chi connectivity index (χ4n) is 2.94. The van der Waals surface area contributed by atoms with E-state index in [4.69, 9.17) is 19.9 Å². The molecular weight excluding hydrogens is 378 g/mol. The Kier molecular flexibility index (Phi) is 5.53. The smallest absolute Gasteiger partial charge is 0.358 e. The highest BCUT2D eigenvalue weighted by atomic mass is 16.5. The van der Waals surface area contributed by atoms with Crippen LogP contribution in [-0.4, -0.2) is 49.5 Å². The van der Waals surface area contributed by atoms with Gasteiger partial charge in [0.15, 0.2) is 23.0 Å². The van der Waals surface area contributed by atoms with Gasteiger partial charge in [-0.2, -0.15) is 10.1 Å². The van der Waals surface area contributed by atoms with Crippen LogP contribution in [0.4, 0.5) is 11.8 Å². The number of H-pyrrole nitrogens is 1. The molecule has 0 saturated carbocycles. The Morgan fingerprint density at radius 1 is 1.24 bits per heavy atom. The molecule has 29 heavy (non-hydrogen) atoms. The molecule has 1 aliphatic heterocycles. The number of carbonyl (C=O) groups excluding carboxylic acids is 1. The lowest BCUT2D eigenvalue weighted by Crippen LogP contribution is -2.23. The predicted octanol–water partition coefficient (Wildman–Crippen LogP) is 1.17. The Balaban J connectivity index is 2.29. The molecule has 0 saturated heterocycles. The van der Waals surface area contributed by atoms with Crippen LogP contribution in [0.3, 0.4) is 0 Å². The van der Waals surface area contributed by atoms with Gasteiger partial charge < -0.3 is 19.9 Å². The second-order valence-corrected chi connectivity index (χ2v) is 6.01. The fraction of sp³-hybridized carbons (Fsp3) is 0.263. The molecule has 0 unspecified atom stereocenters. The van der Waals surface area contributed by atoms with E-state index in [2.05, 4.69) is 15.1 Å². The molecular formula is C19H21N5O5. The number of hydrazone groups is 1. The van der Waals surface area contributed by atoms with E-state index >= 15 is 0 Å². The van der Waals surface area contributed by atoms with E-state index < -0.39 is 11.5 Å². The SMILES string of the molecule is CCOC(=O)C1=NN(C)c2nc(N)[nH]c(=O)c2C(c2ccc(OC)c(OC)c2)=C1. The van der Waals surface area contributed by atoms with Crippen molar-refractivity contribution in [3.63, 3.8) is 0 Å². The Morgan fingerprint density at radius 3 is 2.62 bits per heavy atom. The number of aromatic amines is 1. The monoisotopic (exact) mass is 399 g/mol. The summed E-state index contributed by atoms with van der Waals surface area (Å²) in [6, 6.07) is 5.13. The molecule has 2 aromatic rings. The molecule has 152 valence electrons. The van der Waals surface area contributed by atoms with Gasteiger partial charge in [0.1, 0.15) is 0 Å². The maximum Gasteiger partial charge on any atom is 0.358 e. The van der Waals surface area contributed by atoms with Gasteiger partial charge in [-0.3, -0.25) is 9.78 Å². The third-order valence-electron chi connectivity index (χ3n) is 4.21. The van der Waals surface area contributed by atoms with Crippen molar-refractivity contribution in [2.45, 2.75) is 6.92 Å². The van der Waals surface area contributed by atoms with Crippen molar-refractivity contribution in [1.82, 2.24) is 9.97 Å². The molecule has 1 aromatic carbocycles. The number of hydrogen-bond acceptors (Lipinski definition) is 9. The average Bonchev–Trinajstić information content (AvgIpc) is 2.84. The van der Waals surface area contributed by atoms with Crippen LogP contribution in [-0.2, 0) is 9.53 Å². The summed E-state index contributed by atoms with van der Waals surface area (Å²) >= 11 is 0. The van der Waals surface area contributed by atoms with Crippen LogP contribution in [0.15, 0.2) is 34.2 Å². The molecule has 1 aliphatic rings. The molecule has 0 fully saturated rings. The van der Waals surface area contributed by atoms with Gasteiger partial charge in [-0.05, 0) is 30.7 Å². The first kappa shape index (κ1) is 19.9. The van der Waals surface area contributed by atoms with E-state index in [1.165, 1.54) is 25.3 Å². The van der Waals surface area contributed by atoms with Gasteiger partial charge in [0, 0.05) is 12.6 Å². The zero-order chi connectivity index (χ0) is 21.1. The van der Waals surface area contributed by atoms with Crippen LogP contribution in [0.1, 0.15) is 18.1 Å². The molecule has 0 radical (unpaired) electrons. The quantitative estimate of drug-likeness (QED) is 0.716. The number of aromatic nitrogens is 2. The molecule has 0 spiro atoms. The summed E-state index contributed by atoms with van der Waals surface area (Å²) in [6.07, 6.45) is 1.48. The highest BCUT2D eigenvalue weighted by molar-refractivity contribution is 6.43. The summed E-state index contributed by atoms with van der Waals surface area (Å²) < 4.78 is 15.7. The van der Waals surface area contributed by atoms with Crippen molar-refractivity contribution in [2.24, 2.45) is 5.10 Å². The highest BCUT2D eigenvalue weighted by Gasteiger charge is 2.26. The number of anilines is 2. The molecule has 2 heterocycles. The standard InChI is InChI=1S/C19H21N5O5/c1-5-29-18(26)12-9-11(10-6-7-13(27-3)14(8-10)28-4)15-16(24(2)23-12)21-19(20)22-17(15)25/h6-9H,5H2,1-4H3,(H3,20,21,22,25). The lowest BCUT2D eigenvalue weighted by molar-refractivity contribution is -0.134. The second-order valence-electron chi connectivity index (χ2n) is 6.01. The minimum Gasteiger partial charge on any atom is -0.493 e. The summed E-state index contributed by atoms with van der Waals surface area (Å²) in [5.74, 6) is 0.481. The number of nitrogens with zero attached hydrogens (tertiary/aromatic N) is 3. The molecule has 10 nitrogen and oxygen atoms in total. The van der Waals surface area contributed by atoms with Gasteiger partial charge in [-0.1, -0.05) is 6.07 Å². The number of benzene rings is 1. The topological polar surface area (TPSA) is 132 Å². The first-order chi connectivity index (χ1) is 13.9. The Hall–Kier alpha value is -3.82. The largest absolute Gasteiger partial charge is 0.493 e. The van der Waals surface area contributed by atoms with Crippen molar-refractivity contribution < 1.29 is 19.0 Å². The number of rotatable bonds is 5. The molecule has 1 aromatic heterocycles. The van der Waals surface area contributed by atoms with E-state index in [9.17, 15) is 9.59 Å². The van der Waals surface area contributed by atoms with Crippen LogP contribution in [0.25, 0.3) is 5.57 Å². The normalized spacial score (nSPS) is 13.0. The van der Waals surface area contributed by atoms with Gasteiger partial charge in [0.2, 0.25) is 5.95 Å². The van der Waals surface area contributed by atoms with Crippen molar-refractivity contribution in [2.75, 3.05) is 38.6 Å². The van der Waals surface area contributed by atoms with Crippen LogP contribution >= 0.6 is 0 Å². The van der Waals surface area contributed by atoms with Crippen LogP contribution in [0.5, 0.6) is 11.5 Å². The van der Waals surface area contributed by atoms with Gasteiger partial charge >= 0.3 is 5.97 Å².